The summed E-state index contributed by atoms with van der Waals surface area (Å²) in [4.78, 5) is 4.11. The fraction of sp³-hybridized carbons (Fsp3) is 0.545. The molecule has 3 nitrogen and oxygen atoms in total. The summed E-state index contributed by atoms with van der Waals surface area (Å²) >= 11 is 6.10. The molecule has 2 N–H and O–H groups in total. The van der Waals surface area contributed by atoms with Crippen molar-refractivity contribution in [2.75, 3.05) is 0 Å². The lowest BCUT2D eigenvalue weighted by atomic mass is 10.1. The lowest BCUT2D eigenvalue weighted by Crippen LogP contribution is -2.27. The van der Waals surface area contributed by atoms with Crippen LogP contribution in [0.4, 0.5) is 0 Å². The van der Waals surface area contributed by atoms with Crippen molar-refractivity contribution in [3.8, 4) is 5.88 Å². The maximum Gasteiger partial charge on any atom is 0.233 e. The van der Waals surface area contributed by atoms with Gasteiger partial charge in [0, 0.05) is 12.7 Å². The predicted molar refractivity (Wildman–Crippen MR) is 62.1 cm³/mol. The van der Waals surface area contributed by atoms with Gasteiger partial charge in [-0.2, -0.15) is 0 Å². The molecule has 0 aromatic carbocycles. The molecule has 15 heavy (non-hydrogen) atoms. The highest BCUT2D eigenvalue weighted by Gasteiger charge is 2.20. The van der Waals surface area contributed by atoms with Crippen LogP contribution < -0.4 is 10.5 Å². The molecule has 1 heterocycles. The zero-order valence-electron chi connectivity index (χ0n) is 9.38. The van der Waals surface area contributed by atoms with Gasteiger partial charge in [0.1, 0.15) is 10.6 Å². The molecule has 1 rings (SSSR count). The third kappa shape index (κ3) is 3.08. The van der Waals surface area contributed by atoms with Crippen LogP contribution in [0.1, 0.15) is 32.8 Å². The minimum Gasteiger partial charge on any atom is -0.471 e. The molecular formula is C11H17ClN2O. The predicted octanol–water partition coefficient (Wildman–Crippen LogP) is 2.76. The van der Waals surface area contributed by atoms with Gasteiger partial charge in [0.25, 0.3) is 0 Å². The van der Waals surface area contributed by atoms with Gasteiger partial charge in [0.2, 0.25) is 5.88 Å². The molecule has 0 amide bonds. The SMILES string of the molecule is CCC(C)(C)Oc1nccc(CN)c1Cl. The van der Waals surface area contributed by atoms with Crippen LogP contribution in [0.15, 0.2) is 12.3 Å². The second-order valence-corrected chi connectivity index (χ2v) is 4.39. The zero-order valence-corrected chi connectivity index (χ0v) is 10.1. The molecule has 0 saturated heterocycles. The van der Waals surface area contributed by atoms with E-state index in [9.17, 15) is 0 Å². The molecule has 0 radical (unpaired) electrons. The standard InChI is InChI=1S/C11H17ClN2O/c1-4-11(2,3)15-10-9(12)8(7-13)5-6-14-10/h5-6H,4,7,13H2,1-3H3. The normalized spacial score (nSPS) is 11.5. The molecule has 0 fully saturated rings. The van der Waals surface area contributed by atoms with Crippen molar-refractivity contribution in [1.82, 2.24) is 4.98 Å². The van der Waals surface area contributed by atoms with Crippen LogP contribution in [0.3, 0.4) is 0 Å². The topological polar surface area (TPSA) is 48.1 Å². The summed E-state index contributed by atoms with van der Waals surface area (Å²) < 4.78 is 5.73. The number of rotatable bonds is 4. The number of nitrogens with zero attached hydrogens (tertiary/aromatic N) is 1. The molecule has 0 saturated carbocycles. The Morgan fingerprint density at radius 3 is 2.73 bits per heavy atom. The van der Waals surface area contributed by atoms with Gasteiger partial charge in [-0.05, 0) is 31.9 Å². The number of halogens is 1. The summed E-state index contributed by atoms with van der Waals surface area (Å²) in [5.41, 5.74) is 6.14. The van der Waals surface area contributed by atoms with E-state index in [4.69, 9.17) is 22.1 Å². The minimum absolute atomic E-state index is 0.260. The molecule has 0 unspecified atom stereocenters. The van der Waals surface area contributed by atoms with E-state index >= 15 is 0 Å². The number of nitrogens with two attached hydrogens (primary N) is 1. The van der Waals surface area contributed by atoms with Crippen LogP contribution >= 0.6 is 11.6 Å². The van der Waals surface area contributed by atoms with Crippen LogP contribution in [-0.2, 0) is 6.54 Å². The van der Waals surface area contributed by atoms with E-state index in [1.165, 1.54) is 0 Å². The van der Waals surface area contributed by atoms with Crippen LogP contribution in [0.5, 0.6) is 5.88 Å². The van der Waals surface area contributed by atoms with Crippen molar-refractivity contribution >= 4 is 11.6 Å². The quantitative estimate of drug-likeness (QED) is 0.862. The molecule has 0 aliphatic carbocycles. The maximum absolute atomic E-state index is 6.10. The summed E-state index contributed by atoms with van der Waals surface area (Å²) in [6, 6.07) is 1.80. The lowest BCUT2D eigenvalue weighted by molar-refractivity contribution is 0.0990. The van der Waals surface area contributed by atoms with Gasteiger partial charge in [0.05, 0.1) is 0 Å². The van der Waals surface area contributed by atoms with E-state index in [0.29, 0.717) is 17.4 Å². The Morgan fingerprint density at radius 1 is 1.53 bits per heavy atom. The van der Waals surface area contributed by atoms with Gasteiger partial charge in [0.15, 0.2) is 0 Å². The van der Waals surface area contributed by atoms with Gasteiger partial charge in [-0.3, -0.25) is 0 Å². The van der Waals surface area contributed by atoms with Gasteiger partial charge < -0.3 is 10.5 Å². The molecule has 0 spiro atoms. The third-order valence-electron chi connectivity index (χ3n) is 2.38. The zero-order chi connectivity index (χ0) is 11.5. The van der Waals surface area contributed by atoms with Crippen molar-refractivity contribution in [3.05, 3.63) is 22.8 Å². The number of hydrogen-bond donors (Lipinski definition) is 1. The summed E-state index contributed by atoms with van der Waals surface area (Å²) in [6.07, 6.45) is 2.55. The molecule has 4 heteroatoms. The van der Waals surface area contributed by atoms with Crippen molar-refractivity contribution in [3.63, 3.8) is 0 Å². The fourth-order valence-corrected chi connectivity index (χ4v) is 1.25. The Morgan fingerprint density at radius 2 is 2.20 bits per heavy atom. The smallest absolute Gasteiger partial charge is 0.233 e. The largest absolute Gasteiger partial charge is 0.471 e. The van der Waals surface area contributed by atoms with Gasteiger partial charge >= 0.3 is 0 Å². The van der Waals surface area contributed by atoms with Gasteiger partial charge in [-0.25, -0.2) is 4.98 Å². The van der Waals surface area contributed by atoms with Crippen LogP contribution in [0.25, 0.3) is 0 Å². The molecular weight excluding hydrogens is 212 g/mol. The molecule has 0 bridgehead atoms. The van der Waals surface area contributed by atoms with Crippen molar-refractivity contribution in [1.29, 1.82) is 0 Å². The van der Waals surface area contributed by atoms with Crippen molar-refractivity contribution in [2.45, 2.75) is 39.3 Å². The highest BCUT2D eigenvalue weighted by molar-refractivity contribution is 6.32. The Balaban J connectivity index is 2.95. The first-order valence-electron chi connectivity index (χ1n) is 5.02. The molecule has 84 valence electrons. The van der Waals surface area contributed by atoms with E-state index < -0.39 is 0 Å². The van der Waals surface area contributed by atoms with E-state index in [2.05, 4.69) is 11.9 Å². The van der Waals surface area contributed by atoms with E-state index in [1.807, 2.05) is 13.8 Å². The lowest BCUT2D eigenvalue weighted by Gasteiger charge is -2.24. The third-order valence-corrected chi connectivity index (χ3v) is 2.79. The molecule has 0 atom stereocenters. The molecule has 0 aliphatic rings. The van der Waals surface area contributed by atoms with Crippen molar-refractivity contribution in [2.24, 2.45) is 5.73 Å². The van der Waals surface area contributed by atoms with Gasteiger partial charge in [-0.15, -0.1) is 0 Å². The summed E-state index contributed by atoms with van der Waals surface area (Å²) in [5, 5.41) is 0.515. The van der Waals surface area contributed by atoms with E-state index in [1.54, 1.807) is 12.3 Å². The first-order valence-corrected chi connectivity index (χ1v) is 5.40. The Kier molecular flexibility index (Phi) is 3.94. The second kappa shape index (κ2) is 4.81. The average molecular weight is 229 g/mol. The highest BCUT2D eigenvalue weighted by atomic mass is 35.5. The average Bonchev–Trinajstić information content (AvgIpc) is 2.21. The second-order valence-electron chi connectivity index (χ2n) is 4.01. The molecule has 0 aliphatic heterocycles. The Bertz CT molecular complexity index is 339. The van der Waals surface area contributed by atoms with E-state index in [0.717, 1.165) is 12.0 Å². The van der Waals surface area contributed by atoms with Crippen LogP contribution in [0, 0.1) is 0 Å². The number of ether oxygens (including phenoxy) is 1. The minimum atomic E-state index is -0.260. The van der Waals surface area contributed by atoms with Crippen molar-refractivity contribution < 1.29 is 4.74 Å². The number of pyridine rings is 1. The number of aromatic nitrogens is 1. The van der Waals surface area contributed by atoms with Crippen LogP contribution in [0.2, 0.25) is 5.02 Å². The fourth-order valence-electron chi connectivity index (χ4n) is 1.02. The van der Waals surface area contributed by atoms with Crippen LogP contribution in [-0.4, -0.2) is 10.6 Å². The molecule has 1 aromatic heterocycles. The summed E-state index contributed by atoms with van der Waals surface area (Å²) in [7, 11) is 0. The first kappa shape index (κ1) is 12.3. The summed E-state index contributed by atoms with van der Waals surface area (Å²) in [5.74, 6) is 0.464. The number of hydrogen-bond acceptors (Lipinski definition) is 3. The monoisotopic (exact) mass is 228 g/mol. The maximum atomic E-state index is 6.10. The Hall–Kier alpha value is -0.800. The highest BCUT2D eigenvalue weighted by Crippen LogP contribution is 2.29. The van der Waals surface area contributed by atoms with Gasteiger partial charge in [-0.1, -0.05) is 18.5 Å². The van der Waals surface area contributed by atoms with E-state index in [-0.39, 0.29) is 5.60 Å². The molecule has 1 aromatic rings. The first-order chi connectivity index (χ1) is 7.00. The summed E-state index contributed by atoms with van der Waals surface area (Å²) in [6.45, 7) is 6.45. The Labute approximate surface area is 95.6 Å².